The summed E-state index contributed by atoms with van der Waals surface area (Å²) in [6.07, 6.45) is 9.87. The number of rotatable bonds is 12. The SMILES string of the molecule is CCCCCCCOc1ccc(C(=O)N[C@H]2CC[C@@H](Nc3nc(N(C)C)c4ccccc4n3)CC2)cc1. The van der Waals surface area contributed by atoms with E-state index in [-0.39, 0.29) is 11.9 Å². The topological polar surface area (TPSA) is 79.4 Å². The fourth-order valence-corrected chi connectivity index (χ4v) is 4.90. The summed E-state index contributed by atoms with van der Waals surface area (Å²) in [4.78, 5) is 24.3. The van der Waals surface area contributed by atoms with Crippen LogP contribution in [0.4, 0.5) is 11.8 Å². The van der Waals surface area contributed by atoms with E-state index in [4.69, 9.17) is 14.7 Å². The van der Waals surface area contributed by atoms with Crippen LogP contribution in [-0.2, 0) is 0 Å². The first-order valence-electron chi connectivity index (χ1n) is 13.8. The zero-order valence-corrected chi connectivity index (χ0v) is 22.5. The molecule has 1 aliphatic carbocycles. The van der Waals surface area contributed by atoms with Gasteiger partial charge in [0, 0.05) is 37.1 Å². The maximum Gasteiger partial charge on any atom is 0.251 e. The largest absolute Gasteiger partial charge is 0.494 e. The summed E-state index contributed by atoms with van der Waals surface area (Å²) in [5, 5.41) is 7.80. The van der Waals surface area contributed by atoms with Crippen molar-refractivity contribution in [2.75, 3.05) is 30.9 Å². The molecule has 1 amide bonds. The molecule has 3 aromatic rings. The lowest BCUT2D eigenvalue weighted by Gasteiger charge is -2.30. The molecule has 0 aliphatic heterocycles. The summed E-state index contributed by atoms with van der Waals surface area (Å²) < 4.78 is 5.82. The lowest BCUT2D eigenvalue weighted by Crippen LogP contribution is -2.40. The van der Waals surface area contributed by atoms with E-state index in [9.17, 15) is 4.79 Å². The molecule has 0 saturated heterocycles. The van der Waals surface area contributed by atoms with Crippen molar-refractivity contribution in [1.82, 2.24) is 15.3 Å². The highest BCUT2D eigenvalue weighted by atomic mass is 16.5. The number of ether oxygens (including phenoxy) is 1. The number of benzene rings is 2. The number of unbranched alkanes of at least 4 members (excludes halogenated alkanes) is 4. The van der Waals surface area contributed by atoms with Gasteiger partial charge in [0.05, 0.1) is 12.1 Å². The van der Waals surface area contributed by atoms with Crippen LogP contribution in [-0.4, -0.2) is 48.7 Å². The molecule has 0 bridgehead atoms. The zero-order valence-electron chi connectivity index (χ0n) is 22.5. The van der Waals surface area contributed by atoms with Crippen LogP contribution in [0.1, 0.15) is 75.1 Å². The predicted molar refractivity (Wildman–Crippen MR) is 152 cm³/mol. The summed E-state index contributed by atoms with van der Waals surface area (Å²) in [6, 6.07) is 16.1. The number of carbonyl (C=O) groups excluding carboxylic acids is 1. The Morgan fingerprint density at radius 1 is 0.919 bits per heavy atom. The van der Waals surface area contributed by atoms with Crippen LogP contribution in [0.25, 0.3) is 10.9 Å². The summed E-state index contributed by atoms with van der Waals surface area (Å²) in [5.74, 6) is 2.39. The third-order valence-electron chi connectivity index (χ3n) is 7.04. The molecule has 4 rings (SSSR count). The Balaban J connectivity index is 1.23. The summed E-state index contributed by atoms with van der Waals surface area (Å²) in [6.45, 7) is 2.95. The smallest absolute Gasteiger partial charge is 0.251 e. The number of fused-ring (bicyclic) bond motifs is 1. The van der Waals surface area contributed by atoms with Gasteiger partial charge in [0.15, 0.2) is 0 Å². The summed E-state index contributed by atoms with van der Waals surface area (Å²) in [7, 11) is 4.01. The first-order chi connectivity index (χ1) is 18.0. The Kier molecular flexibility index (Phi) is 9.58. The van der Waals surface area contributed by atoms with E-state index in [1.165, 1.54) is 25.7 Å². The molecule has 0 atom stereocenters. The lowest BCUT2D eigenvalue weighted by atomic mass is 9.91. The third kappa shape index (κ3) is 7.57. The number of nitrogens with zero attached hydrogens (tertiary/aromatic N) is 3. The van der Waals surface area contributed by atoms with Crippen molar-refractivity contribution in [3.63, 3.8) is 0 Å². The van der Waals surface area contributed by atoms with Crippen molar-refractivity contribution < 1.29 is 9.53 Å². The van der Waals surface area contributed by atoms with E-state index in [2.05, 4.69) is 23.6 Å². The molecular formula is C30H41N5O2. The number of anilines is 2. The van der Waals surface area contributed by atoms with Gasteiger partial charge in [-0.2, -0.15) is 4.98 Å². The van der Waals surface area contributed by atoms with E-state index in [1.54, 1.807) is 0 Å². The molecule has 7 heteroatoms. The average molecular weight is 504 g/mol. The molecule has 0 spiro atoms. The van der Waals surface area contributed by atoms with Crippen molar-refractivity contribution in [1.29, 1.82) is 0 Å². The molecule has 0 radical (unpaired) electrons. The van der Waals surface area contributed by atoms with E-state index in [0.717, 1.165) is 61.2 Å². The van der Waals surface area contributed by atoms with Crippen LogP contribution < -0.4 is 20.3 Å². The Morgan fingerprint density at radius 3 is 2.35 bits per heavy atom. The first kappa shape index (κ1) is 26.7. The maximum absolute atomic E-state index is 12.8. The number of hydrogen-bond donors (Lipinski definition) is 2. The lowest BCUT2D eigenvalue weighted by molar-refractivity contribution is 0.0926. The maximum atomic E-state index is 12.8. The van der Waals surface area contributed by atoms with Gasteiger partial charge in [0.2, 0.25) is 5.95 Å². The molecule has 2 aromatic carbocycles. The fraction of sp³-hybridized carbons (Fsp3) is 0.500. The highest BCUT2D eigenvalue weighted by Gasteiger charge is 2.24. The number of nitrogens with one attached hydrogen (secondary N) is 2. The Labute approximate surface area is 221 Å². The standard InChI is InChI=1S/C30H41N5O2/c1-4-5-6-7-10-21-37-25-19-13-22(14-20-25)29(36)31-23-15-17-24(18-16-23)32-30-33-27-12-9-8-11-26(27)28(34-30)35(2)3/h8-9,11-14,19-20,23-24H,4-7,10,15-18,21H2,1-3H3,(H,31,36)(H,32,33,34)/t23-,24+. The van der Waals surface area contributed by atoms with Gasteiger partial charge in [0.1, 0.15) is 11.6 Å². The van der Waals surface area contributed by atoms with Gasteiger partial charge in [-0.15, -0.1) is 0 Å². The van der Waals surface area contributed by atoms with E-state index in [1.807, 2.05) is 61.5 Å². The van der Waals surface area contributed by atoms with Crippen molar-refractivity contribution in [3.05, 3.63) is 54.1 Å². The minimum Gasteiger partial charge on any atom is -0.494 e. The van der Waals surface area contributed by atoms with E-state index in [0.29, 0.717) is 17.6 Å². The molecule has 1 saturated carbocycles. The molecule has 2 N–H and O–H groups in total. The minimum atomic E-state index is -0.0176. The summed E-state index contributed by atoms with van der Waals surface area (Å²) in [5.41, 5.74) is 1.62. The molecule has 198 valence electrons. The second kappa shape index (κ2) is 13.3. The number of hydrogen-bond acceptors (Lipinski definition) is 6. The number of amides is 1. The van der Waals surface area contributed by atoms with E-state index >= 15 is 0 Å². The highest BCUT2D eigenvalue weighted by Crippen LogP contribution is 2.26. The van der Waals surface area contributed by atoms with Crippen LogP contribution in [0, 0.1) is 0 Å². The molecular weight excluding hydrogens is 462 g/mol. The zero-order chi connectivity index (χ0) is 26.0. The highest BCUT2D eigenvalue weighted by molar-refractivity contribution is 5.94. The van der Waals surface area contributed by atoms with Crippen molar-refractivity contribution in [2.24, 2.45) is 0 Å². The van der Waals surface area contributed by atoms with Crippen molar-refractivity contribution >= 4 is 28.6 Å². The van der Waals surface area contributed by atoms with Crippen molar-refractivity contribution in [3.8, 4) is 5.75 Å². The average Bonchev–Trinajstić information content (AvgIpc) is 2.91. The van der Waals surface area contributed by atoms with E-state index < -0.39 is 0 Å². The van der Waals surface area contributed by atoms with Crippen LogP contribution in [0.5, 0.6) is 5.75 Å². The predicted octanol–water partition coefficient (Wildman–Crippen LogP) is 6.20. The second-order valence-corrected chi connectivity index (χ2v) is 10.2. The van der Waals surface area contributed by atoms with Crippen LogP contribution in [0.3, 0.4) is 0 Å². The second-order valence-electron chi connectivity index (χ2n) is 10.2. The fourth-order valence-electron chi connectivity index (χ4n) is 4.90. The van der Waals surface area contributed by atoms with Crippen LogP contribution in [0.2, 0.25) is 0 Å². The van der Waals surface area contributed by atoms with Gasteiger partial charge in [-0.05, 0) is 68.5 Å². The normalized spacial score (nSPS) is 17.4. The minimum absolute atomic E-state index is 0.0176. The molecule has 1 aromatic heterocycles. The van der Waals surface area contributed by atoms with Gasteiger partial charge in [-0.25, -0.2) is 4.98 Å². The Morgan fingerprint density at radius 2 is 1.62 bits per heavy atom. The number of para-hydroxylation sites is 1. The van der Waals surface area contributed by atoms with Crippen molar-refractivity contribution in [2.45, 2.75) is 76.8 Å². The third-order valence-corrected chi connectivity index (χ3v) is 7.04. The van der Waals surface area contributed by atoms with Gasteiger partial charge in [-0.1, -0.05) is 44.7 Å². The molecule has 1 heterocycles. The van der Waals surface area contributed by atoms with Gasteiger partial charge >= 0.3 is 0 Å². The van der Waals surface area contributed by atoms with Gasteiger partial charge < -0.3 is 20.3 Å². The molecule has 1 aliphatic rings. The molecule has 7 nitrogen and oxygen atoms in total. The van der Waals surface area contributed by atoms with Crippen LogP contribution >= 0.6 is 0 Å². The summed E-state index contributed by atoms with van der Waals surface area (Å²) >= 11 is 0. The quantitative estimate of drug-likeness (QED) is 0.287. The monoisotopic (exact) mass is 503 g/mol. The number of aromatic nitrogens is 2. The molecule has 0 unspecified atom stereocenters. The first-order valence-corrected chi connectivity index (χ1v) is 13.8. The van der Waals surface area contributed by atoms with Gasteiger partial charge in [-0.3, -0.25) is 4.79 Å². The van der Waals surface area contributed by atoms with Crippen LogP contribution in [0.15, 0.2) is 48.5 Å². The number of carbonyl (C=O) groups is 1. The Hall–Kier alpha value is -3.35. The Bertz CT molecular complexity index is 1140. The van der Waals surface area contributed by atoms with Gasteiger partial charge in [0.25, 0.3) is 5.91 Å². The molecule has 1 fully saturated rings. The molecule has 37 heavy (non-hydrogen) atoms.